The fourth-order valence-electron chi connectivity index (χ4n) is 2.79. The molecule has 0 N–H and O–H groups in total. The summed E-state index contributed by atoms with van der Waals surface area (Å²) in [5, 5.41) is 0.343. The molecule has 0 unspecified atom stereocenters. The standard InChI is InChI=1S/C15H16Cl2FN3/c16-14-11(1-2-13(18)15(14)17)9-20-6-3-12(4-7-20)21-8-5-19-10-21/h1-2,5,8,10,12H,3-4,6-7,9H2. The molecular formula is C15H16Cl2FN3. The smallest absolute Gasteiger partial charge is 0.143 e. The van der Waals surface area contributed by atoms with Crippen LogP contribution in [-0.2, 0) is 6.54 Å². The number of hydrogen-bond acceptors (Lipinski definition) is 2. The van der Waals surface area contributed by atoms with Gasteiger partial charge in [-0.2, -0.15) is 0 Å². The van der Waals surface area contributed by atoms with Gasteiger partial charge in [0.15, 0.2) is 0 Å². The molecule has 0 atom stereocenters. The van der Waals surface area contributed by atoms with Gasteiger partial charge in [0.2, 0.25) is 0 Å². The minimum atomic E-state index is -0.468. The Hall–Kier alpha value is -1.10. The summed E-state index contributed by atoms with van der Waals surface area (Å²) >= 11 is 12.0. The summed E-state index contributed by atoms with van der Waals surface area (Å²) in [7, 11) is 0. The van der Waals surface area contributed by atoms with E-state index >= 15 is 0 Å². The maximum Gasteiger partial charge on any atom is 0.143 e. The van der Waals surface area contributed by atoms with Gasteiger partial charge >= 0.3 is 0 Å². The molecule has 0 radical (unpaired) electrons. The van der Waals surface area contributed by atoms with E-state index in [4.69, 9.17) is 23.2 Å². The summed E-state index contributed by atoms with van der Waals surface area (Å²) in [6.45, 7) is 2.66. The highest BCUT2D eigenvalue weighted by atomic mass is 35.5. The summed E-state index contributed by atoms with van der Waals surface area (Å²) in [5.74, 6) is -0.468. The van der Waals surface area contributed by atoms with Crippen molar-refractivity contribution in [2.75, 3.05) is 13.1 Å². The van der Waals surface area contributed by atoms with Crippen molar-refractivity contribution in [2.24, 2.45) is 0 Å². The predicted molar refractivity (Wildman–Crippen MR) is 82.2 cm³/mol. The lowest BCUT2D eigenvalue weighted by atomic mass is 10.0. The molecule has 3 rings (SSSR count). The molecule has 0 saturated carbocycles. The largest absolute Gasteiger partial charge is 0.334 e. The molecule has 1 saturated heterocycles. The summed E-state index contributed by atoms with van der Waals surface area (Å²) < 4.78 is 15.5. The first-order valence-corrected chi connectivity index (χ1v) is 7.73. The first kappa shape index (κ1) is 14.8. The van der Waals surface area contributed by atoms with E-state index in [1.807, 2.05) is 18.7 Å². The first-order chi connectivity index (χ1) is 10.1. The van der Waals surface area contributed by atoms with Crippen LogP contribution >= 0.6 is 23.2 Å². The highest BCUT2D eigenvalue weighted by molar-refractivity contribution is 6.42. The second-order valence-corrected chi connectivity index (χ2v) is 6.11. The lowest BCUT2D eigenvalue weighted by Crippen LogP contribution is -2.34. The second-order valence-electron chi connectivity index (χ2n) is 5.35. The molecule has 0 aliphatic carbocycles. The van der Waals surface area contributed by atoms with E-state index in [2.05, 4.69) is 14.5 Å². The Labute approximate surface area is 133 Å². The molecule has 0 amide bonds. The molecule has 2 aromatic rings. The fourth-order valence-corrected chi connectivity index (χ4v) is 3.19. The van der Waals surface area contributed by atoms with E-state index in [1.54, 1.807) is 6.07 Å². The van der Waals surface area contributed by atoms with Crippen LogP contribution < -0.4 is 0 Å². The van der Waals surface area contributed by atoms with Crippen LogP contribution in [-0.4, -0.2) is 27.5 Å². The number of hydrogen-bond donors (Lipinski definition) is 0. The lowest BCUT2D eigenvalue weighted by molar-refractivity contribution is 0.179. The number of likely N-dealkylation sites (tertiary alicyclic amines) is 1. The Morgan fingerprint density at radius 2 is 1.95 bits per heavy atom. The fraction of sp³-hybridized carbons (Fsp3) is 0.400. The van der Waals surface area contributed by atoms with Crippen molar-refractivity contribution < 1.29 is 4.39 Å². The molecule has 1 aliphatic rings. The summed E-state index contributed by atoms with van der Waals surface area (Å²) in [4.78, 5) is 6.42. The van der Waals surface area contributed by atoms with Crippen molar-refractivity contribution >= 4 is 23.2 Å². The Bertz CT molecular complexity index is 608. The number of nitrogens with zero attached hydrogens (tertiary/aromatic N) is 3. The minimum absolute atomic E-state index is 0.0162. The Morgan fingerprint density at radius 3 is 2.62 bits per heavy atom. The van der Waals surface area contributed by atoms with Crippen LogP contribution in [0, 0.1) is 5.82 Å². The second kappa shape index (κ2) is 6.34. The molecule has 112 valence electrons. The van der Waals surface area contributed by atoms with Crippen LogP contribution in [0.3, 0.4) is 0 Å². The number of benzene rings is 1. The molecule has 1 fully saturated rings. The van der Waals surface area contributed by atoms with E-state index in [9.17, 15) is 4.39 Å². The molecule has 6 heteroatoms. The normalized spacial score (nSPS) is 17.3. The Morgan fingerprint density at radius 1 is 1.19 bits per heavy atom. The summed E-state index contributed by atoms with van der Waals surface area (Å²) in [5.41, 5.74) is 0.879. The molecule has 3 nitrogen and oxygen atoms in total. The van der Waals surface area contributed by atoms with E-state index < -0.39 is 5.82 Å². The summed E-state index contributed by atoms with van der Waals surface area (Å²) in [6, 6.07) is 3.60. The van der Waals surface area contributed by atoms with Crippen LogP contribution in [0.25, 0.3) is 0 Å². The van der Waals surface area contributed by atoms with Gasteiger partial charge in [-0.15, -0.1) is 0 Å². The zero-order valence-electron chi connectivity index (χ0n) is 11.5. The topological polar surface area (TPSA) is 21.1 Å². The molecule has 0 bridgehead atoms. The number of halogens is 3. The first-order valence-electron chi connectivity index (χ1n) is 6.97. The monoisotopic (exact) mass is 327 g/mol. The van der Waals surface area contributed by atoms with E-state index in [0.717, 1.165) is 31.5 Å². The molecule has 0 spiro atoms. The van der Waals surface area contributed by atoms with Gasteiger partial charge in [-0.1, -0.05) is 29.3 Å². The molecule has 2 heterocycles. The van der Waals surface area contributed by atoms with Gasteiger partial charge in [0, 0.05) is 38.1 Å². The number of rotatable bonds is 3. The van der Waals surface area contributed by atoms with Crippen LogP contribution in [0.5, 0.6) is 0 Å². The SMILES string of the molecule is Fc1ccc(CN2CCC(n3ccnc3)CC2)c(Cl)c1Cl. The highest BCUT2D eigenvalue weighted by Crippen LogP contribution is 2.30. The number of aromatic nitrogens is 2. The summed E-state index contributed by atoms with van der Waals surface area (Å²) in [6.07, 6.45) is 7.84. The van der Waals surface area contributed by atoms with E-state index in [0.29, 0.717) is 17.6 Å². The van der Waals surface area contributed by atoms with Crippen molar-refractivity contribution in [3.63, 3.8) is 0 Å². The quantitative estimate of drug-likeness (QED) is 0.789. The van der Waals surface area contributed by atoms with E-state index in [1.165, 1.54) is 6.07 Å². The zero-order chi connectivity index (χ0) is 14.8. The van der Waals surface area contributed by atoms with Crippen molar-refractivity contribution in [1.29, 1.82) is 0 Å². The molecule has 1 aliphatic heterocycles. The number of piperidine rings is 1. The third-order valence-corrected chi connectivity index (χ3v) is 4.91. The minimum Gasteiger partial charge on any atom is -0.334 e. The third-order valence-electron chi connectivity index (χ3n) is 4.01. The zero-order valence-corrected chi connectivity index (χ0v) is 13.0. The Kier molecular flexibility index (Phi) is 4.48. The van der Waals surface area contributed by atoms with Gasteiger partial charge in [0.1, 0.15) is 5.82 Å². The maximum atomic E-state index is 13.3. The van der Waals surface area contributed by atoms with Crippen molar-refractivity contribution in [1.82, 2.24) is 14.5 Å². The molecule has 1 aromatic carbocycles. The van der Waals surface area contributed by atoms with Gasteiger partial charge < -0.3 is 4.57 Å². The van der Waals surface area contributed by atoms with Crippen molar-refractivity contribution in [2.45, 2.75) is 25.4 Å². The van der Waals surface area contributed by atoms with Gasteiger partial charge in [-0.3, -0.25) is 4.90 Å². The highest BCUT2D eigenvalue weighted by Gasteiger charge is 2.21. The third kappa shape index (κ3) is 3.23. The molecule has 1 aromatic heterocycles. The van der Waals surface area contributed by atoms with Crippen LogP contribution in [0.2, 0.25) is 10.0 Å². The van der Waals surface area contributed by atoms with Crippen LogP contribution in [0.15, 0.2) is 30.9 Å². The van der Waals surface area contributed by atoms with Gasteiger partial charge in [-0.25, -0.2) is 9.37 Å². The van der Waals surface area contributed by atoms with Gasteiger partial charge in [0.05, 0.1) is 16.4 Å². The van der Waals surface area contributed by atoms with Gasteiger partial charge in [-0.05, 0) is 24.5 Å². The maximum absolute atomic E-state index is 13.3. The molecule has 21 heavy (non-hydrogen) atoms. The van der Waals surface area contributed by atoms with Crippen LogP contribution in [0.1, 0.15) is 24.4 Å². The molecular weight excluding hydrogens is 312 g/mol. The lowest BCUT2D eigenvalue weighted by Gasteiger charge is -2.32. The number of imidazole rings is 1. The Balaban J connectivity index is 1.62. The predicted octanol–water partition coefficient (Wildman–Crippen LogP) is 4.17. The average Bonchev–Trinajstić information content (AvgIpc) is 3.03. The van der Waals surface area contributed by atoms with Crippen molar-refractivity contribution in [3.05, 3.63) is 52.3 Å². The van der Waals surface area contributed by atoms with Crippen molar-refractivity contribution in [3.8, 4) is 0 Å². The van der Waals surface area contributed by atoms with E-state index in [-0.39, 0.29) is 5.02 Å². The van der Waals surface area contributed by atoms with Crippen LogP contribution in [0.4, 0.5) is 4.39 Å². The van der Waals surface area contributed by atoms with Gasteiger partial charge in [0.25, 0.3) is 0 Å². The average molecular weight is 328 g/mol.